The Morgan fingerprint density at radius 3 is 2.31 bits per heavy atom. The maximum Gasteiger partial charge on any atom is 0.407 e. The summed E-state index contributed by atoms with van der Waals surface area (Å²) in [6.07, 6.45) is 5.29. The summed E-state index contributed by atoms with van der Waals surface area (Å²) in [6, 6.07) is 16.2. The van der Waals surface area contributed by atoms with Crippen LogP contribution in [0.5, 0.6) is 0 Å². The minimum atomic E-state index is -1.11. The predicted octanol–water partition coefficient (Wildman–Crippen LogP) is 2.71. The number of carboxylic acids is 1. The van der Waals surface area contributed by atoms with Gasteiger partial charge < -0.3 is 20.1 Å². The van der Waals surface area contributed by atoms with E-state index in [-0.39, 0.29) is 36.8 Å². The molecule has 7 heteroatoms. The average Bonchev–Trinajstić information content (AvgIpc) is 3.50. The number of carbonyl (C=O) groups is 3. The zero-order valence-corrected chi connectivity index (χ0v) is 17.5. The third-order valence-corrected chi connectivity index (χ3v) is 6.01. The molecular formula is C25H24N2O5. The second-order valence-electron chi connectivity index (χ2n) is 8.10. The van der Waals surface area contributed by atoms with Gasteiger partial charge in [-0.15, -0.1) is 6.42 Å². The van der Waals surface area contributed by atoms with Crippen molar-refractivity contribution in [1.82, 2.24) is 10.2 Å². The van der Waals surface area contributed by atoms with Crippen LogP contribution >= 0.6 is 0 Å². The van der Waals surface area contributed by atoms with E-state index in [0.717, 1.165) is 27.2 Å². The van der Waals surface area contributed by atoms with Gasteiger partial charge in [0.15, 0.2) is 0 Å². The van der Waals surface area contributed by atoms with Crippen molar-refractivity contribution in [2.75, 3.05) is 26.2 Å². The lowest BCUT2D eigenvalue weighted by Gasteiger charge is -2.18. The van der Waals surface area contributed by atoms with E-state index >= 15 is 0 Å². The number of rotatable bonds is 8. The molecule has 0 saturated heterocycles. The van der Waals surface area contributed by atoms with Crippen LogP contribution in [0.4, 0.5) is 4.79 Å². The molecule has 7 nitrogen and oxygen atoms in total. The Morgan fingerprint density at radius 2 is 1.72 bits per heavy atom. The first-order valence-electron chi connectivity index (χ1n) is 10.5. The molecule has 0 unspecified atom stereocenters. The number of ether oxygens (including phenoxy) is 1. The number of nitrogens with zero attached hydrogens (tertiary/aromatic N) is 1. The predicted molar refractivity (Wildman–Crippen MR) is 118 cm³/mol. The molecule has 0 aliphatic heterocycles. The number of carbonyl (C=O) groups excluding carboxylic acids is 2. The molecule has 0 bridgehead atoms. The summed E-state index contributed by atoms with van der Waals surface area (Å²) in [5.74, 6) is 0.531. The molecule has 32 heavy (non-hydrogen) atoms. The Kier molecular flexibility index (Phi) is 6.13. The van der Waals surface area contributed by atoms with Crippen molar-refractivity contribution in [3.8, 4) is 23.5 Å². The van der Waals surface area contributed by atoms with Crippen LogP contribution in [-0.2, 0) is 14.3 Å². The molecule has 2 amide bonds. The Hall–Kier alpha value is -3.79. The Labute approximate surface area is 186 Å². The van der Waals surface area contributed by atoms with Crippen molar-refractivity contribution < 1.29 is 24.2 Å². The molecule has 2 aliphatic carbocycles. The summed E-state index contributed by atoms with van der Waals surface area (Å²) in [6.45, 7) is 0.0473. The molecule has 4 rings (SSSR count). The molecule has 0 aromatic heterocycles. The highest BCUT2D eigenvalue weighted by Crippen LogP contribution is 2.44. The van der Waals surface area contributed by atoms with Gasteiger partial charge in [0.05, 0.1) is 6.54 Å². The summed E-state index contributed by atoms with van der Waals surface area (Å²) in [5, 5.41) is 11.7. The van der Waals surface area contributed by atoms with Crippen LogP contribution in [0.15, 0.2) is 48.5 Å². The summed E-state index contributed by atoms with van der Waals surface area (Å²) >= 11 is 0. The van der Waals surface area contributed by atoms with Crippen molar-refractivity contribution in [3.63, 3.8) is 0 Å². The second-order valence-corrected chi connectivity index (χ2v) is 8.10. The summed E-state index contributed by atoms with van der Waals surface area (Å²) < 4.78 is 5.50. The van der Waals surface area contributed by atoms with Gasteiger partial charge in [0.25, 0.3) is 0 Å². The van der Waals surface area contributed by atoms with Gasteiger partial charge in [-0.3, -0.25) is 9.59 Å². The highest BCUT2D eigenvalue weighted by Gasteiger charge is 2.45. The van der Waals surface area contributed by atoms with E-state index in [4.69, 9.17) is 16.3 Å². The highest BCUT2D eigenvalue weighted by atomic mass is 16.5. The van der Waals surface area contributed by atoms with Gasteiger partial charge in [-0.25, -0.2) is 4.79 Å². The third-order valence-electron chi connectivity index (χ3n) is 6.01. The number of carboxylic acid groups (broad SMARTS) is 1. The number of fused-ring (bicyclic) bond motifs is 3. The van der Waals surface area contributed by atoms with E-state index < -0.39 is 18.6 Å². The minimum Gasteiger partial charge on any atom is -0.480 e. The highest BCUT2D eigenvalue weighted by molar-refractivity contribution is 5.85. The number of terminal acetylenes is 1. The fourth-order valence-corrected chi connectivity index (χ4v) is 4.36. The van der Waals surface area contributed by atoms with E-state index in [1.165, 1.54) is 0 Å². The number of hydrogen-bond acceptors (Lipinski definition) is 4. The number of aliphatic carboxylic acids is 1. The number of nitrogens with one attached hydrogen (secondary N) is 1. The van der Waals surface area contributed by atoms with Crippen molar-refractivity contribution in [2.45, 2.75) is 12.3 Å². The Morgan fingerprint density at radius 1 is 1.09 bits per heavy atom. The van der Waals surface area contributed by atoms with E-state index in [2.05, 4.69) is 35.5 Å². The average molecular weight is 432 g/mol. The lowest BCUT2D eigenvalue weighted by molar-refractivity contribution is -0.144. The van der Waals surface area contributed by atoms with Gasteiger partial charge in [-0.1, -0.05) is 54.5 Å². The molecule has 0 spiro atoms. The molecule has 2 aromatic rings. The molecule has 0 radical (unpaired) electrons. The quantitative estimate of drug-likeness (QED) is 0.626. The fraction of sp³-hybridized carbons (Fsp3) is 0.320. The molecule has 1 saturated carbocycles. The molecular weight excluding hydrogens is 408 g/mol. The number of alkyl carbamates (subject to hydrolysis) is 1. The van der Waals surface area contributed by atoms with Crippen molar-refractivity contribution in [1.29, 1.82) is 0 Å². The van der Waals surface area contributed by atoms with Crippen LogP contribution < -0.4 is 5.32 Å². The fourth-order valence-electron chi connectivity index (χ4n) is 4.36. The summed E-state index contributed by atoms with van der Waals surface area (Å²) in [5.41, 5.74) is 4.60. The molecule has 1 fully saturated rings. The van der Waals surface area contributed by atoms with E-state index in [1.54, 1.807) is 0 Å². The maximum atomic E-state index is 12.4. The monoisotopic (exact) mass is 432 g/mol. The van der Waals surface area contributed by atoms with Gasteiger partial charge >= 0.3 is 12.1 Å². The van der Waals surface area contributed by atoms with Gasteiger partial charge in [-0.05, 0) is 34.6 Å². The molecule has 2 atom stereocenters. The normalized spacial score (nSPS) is 18.1. The number of benzene rings is 2. The summed E-state index contributed by atoms with van der Waals surface area (Å²) in [7, 11) is 0. The van der Waals surface area contributed by atoms with Crippen LogP contribution in [0.2, 0.25) is 0 Å². The van der Waals surface area contributed by atoms with Crippen LogP contribution in [0.1, 0.15) is 23.5 Å². The van der Waals surface area contributed by atoms with E-state index in [9.17, 15) is 14.4 Å². The van der Waals surface area contributed by atoms with Crippen molar-refractivity contribution in [2.24, 2.45) is 11.8 Å². The van der Waals surface area contributed by atoms with Gasteiger partial charge in [0.1, 0.15) is 13.2 Å². The summed E-state index contributed by atoms with van der Waals surface area (Å²) in [4.78, 5) is 36.8. The Bertz CT molecular complexity index is 1040. The lowest BCUT2D eigenvalue weighted by atomic mass is 9.98. The smallest absolute Gasteiger partial charge is 0.407 e. The standard InChI is InChI=1S/C25H24N2O5/c1-2-11-27(14-23(28)29)24(30)21-12-16(21)13-26-25(31)32-15-22-19-9-5-3-7-17(19)18-8-4-6-10-20(18)22/h1,3-10,16,21-22H,11-15H2,(H,26,31)(H,28,29)/t16-,21-/m0/s1. The van der Waals surface area contributed by atoms with Crippen LogP contribution in [0.25, 0.3) is 11.1 Å². The molecule has 2 N–H and O–H groups in total. The van der Waals surface area contributed by atoms with Crippen LogP contribution in [-0.4, -0.2) is 54.2 Å². The zero-order valence-electron chi connectivity index (χ0n) is 17.5. The molecule has 2 aromatic carbocycles. The number of amides is 2. The van der Waals surface area contributed by atoms with Gasteiger partial charge in [0, 0.05) is 18.4 Å². The maximum absolute atomic E-state index is 12.4. The molecule has 2 aliphatic rings. The molecule has 0 heterocycles. The SMILES string of the molecule is C#CCN(CC(=O)O)C(=O)[C@H]1C[C@H]1CNC(=O)OCC1c2ccccc2-c2ccccc21. The van der Waals surface area contributed by atoms with Crippen LogP contribution in [0, 0.1) is 24.2 Å². The topological polar surface area (TPSA) is 95.9 Å². The van der Waals surface area contributed by atoms with E-state index in [1.807, 2.05) is 24.3 Å². The first-order chi connectivity index (χ1) is 15.5. The molecule has 164 valence electrons. The van der Waals surface area contributed by atoms with E-state index in [0.29, 0.717) is 13.0 Å². The first kappa shape index (κ1) is 21.4. The zero-order chi connectivity index (χ0) is 22.7. The van der Waals surface area contributed by atoms with Crippen molar-refractivity contribution >= 4 is 18.0 Å². The third kappa shape index (κ3) is 4.45. The Balaban J connectivity index is 1.28. The first-order valence-corrected chi connectivity index (χ1v) is 10.5. The van der Waals surface area contributed by atoms with Crippen molar-refractivity contribution in [3.05, 3.63) is 59.7 Å². The second kappa shape index (κ2) is 9.15. The number of hydrogen-bond donors (Lipinski definition) is 2. The largest absolute Gasteiger partial charge is 0.480 e. The minimum absolute atomic E-state index is 0.0169. The lowest BCUT2D eigenvalue weighted by Crippen LogP contribution is -2.38. The van der Waals surface area contributed by atoms with Gasteiger partial charge in [-0.2, -0.15) is 0 Å². The van der Waals surface area contributed by atoms with Crippen LogP contribution in [0.3, 0.4) is 0 Å². The van der Waals surface area contributed by atoms with Gasteiger partial charge in [0.2, 0.25) is 5.91 Å².